The van der Waals surface area contributed by atoms with E-state index in [4.69, 9.17) is 4.74 Å². The van der Waals surface area contributed by atoms with Crippen LogP contribution in [-0.4, -0.2) is 28.4 Å². The summed E-state index contributed by atoms with van der Waals surface area (Å²) in [5.41, 5.74) is -0.243. The van der Waals surface area contributed by atoms with Crippen LogP contribution in [0.5, 0.6) is 0 Å². The number of carbonyl (C=O) groups excluding carboxylic acids is 1. The molecule has 0 aliphatic carbocycles. The Balaban J connectivity index is 2.61. The van der Waals surface area contributed by atoms with Gasteiger partial charge in [-0.3, -0.25) is 9.79 Å². The summed E-state index contributed by atoms with van der Waals surface area (Å²) in [6.45, 7) is 7.81. The zero-order valence-electron chi connectivity index (χ0n) is 14.5. The molecule has 2 rings (SSSR count). The van der Waals surface area contributed by atoms with Gasteiger partial charge in [0.2, 0.25) is 0 Å². The number of nitrogens with one attached hydrogen (secondary N) is 1. The van der Waals surface area contributed by atoms with Crippen LogP contribution in [0.15, 0.2) is 39.8 Å². The summed E-state index contributed by atoms with van der Waals surface area (Å²) in [6, 6.07) is 1.52. The van der Waals surface area contributed by atoms with Crippen molar-refractivity contribution in [3.05, 3.63) is 57.2 Å². The Labute approximate surface area is 144 Å². The van der Waals surface area contributed by atoms with Gasteiger partial charge in [0.25, 0.3) is 5.56 Å². The normalized spacial score (nSPS) is 20.9. The molecule has 0 fully saturated rings. The van der Waals surface area contributed by atoms with Gasteiger partial charge in [0, 0.05) is 5.56 Å². The van der Waals surface area contributed by atoms with E-state index < -0.39 is 23.8 Å². The number of aliphatic hydroxyl groups is 1. The van der Waals surface area contributed by atoms with Gasteiger partial charge in [-0.25, -0.2) is 9.18 Å². The number of rotatable bonds is 5. The van der Waals surface area contributed by atoms with Crippen LogP contribution in [0.25, 0.3) is 0 Å². The molecule has 0 bridgehead atoms. The Morgan fingerprint density at radius 1 is 1.52 bits per heavy atom. The highest BCUT2D eigenvalue weighted by molar-refractivity contribution is 5.98. The van der Waals surface area contributed by atoms with Crippen LogP contribution in [0.1, 0.15) is 44.0 Å². The number of nitrogens with zero attached hydrogens (tertiary/aromatic N) is 1. The summed E-state index contributed by atoms with van der Waals surface area (Å²) in [4.78, 5) is 31.3. The summed E-state index contributed by atoms with van der Waals surface area (Å²) in [7, 11) is 0. The number of hydrogen-bond donors (Lipinski definition) is 2. The highest BCUT2D eigenvalue weighted by Crippen LogP contribution is 2.33. The molecule has 7 heteroatoms. The molecule has 0 aromatic carbocycles. The summed E-state index contributed by atoms with van der Waals surface area (Å²) in [6.07, 6.45) is 1.35. The van der Waals surface area contributed by atoms with Gasteiger partial charge in [-0.2, -0.15) is 0 Å². The Bertz CT molecular complexity index is 838. The number of cyclic esters (lactones) is 1. The molecule has 1 aliphatic heterocycles. The van der Waals surface area contributed by atoms with Crippen molar-refractivity contribution in [3.8, 4) is 0 Å². The molecule has 134 valence electrons. The maximum atomic E-state index is 12.6. The van der Waals surface area contributed by atoms with E-state index in [2.05, 4.69) is 16.6 Å². The lowest BCUT2D eigenvalue weighted by Crippen LogP contribution is -2.43. The predicted octanol–water partition coefficient (Wildman–Crippen LogP) is 2.27. The van der Waals surface area contributed by atoms with E-state index in [1.165, 1.54) is 12.1 Å². The fourth-order valence-corrected chi connectivity index (χ4v) is 2.63. The van der Waals surface area contributed by atoms with Crippen LogP contribution in [0.4, 0.5) is 4.39 Å². The fourth-order valence-electron chi connectivity index (χ4n) is 2.63. The number of halogens is 1. The standard InChI is InChI=1S/C18H21FN2O4/c1-5-18(24)13-8-15(11(4)20-14(6-7-19)10(2)3)21-16(22)12(13)9-25-17(18)23/h6,8,24H,2,5,7,9H2,1,3-4H3,(H,21,22)/b14-6+,20-11+/t18-/m0/s1. The van der Waals surface area contributed by atoms with Crippen molar-refractivity contribution in [1.82, 2.24) is 4.98 Å². The van der Waals surface area contributed by atoms with E-state index in [-0.39, 0.29) is 24.2 Å². The molecule has 0 spiro atoms. The number of aromatic nitrogens is 1. The lowest BCUT2D eigenvalue weighted by Gasteiger charge is -2.31. The van der Waals surface area contributed by atoms with Gasteiger partial charge in [-0.05, 0) is 38.0 Å². The van der Waals surface area contributed by atoms with Crippen LogP contribution >= 0.6 is 0 Å². The Kier molecular flexibility index (Phi) is 5.37. The zero-order chi connectivity index (χ0) is 18.8. The Morgan fingerprint density at radius 3 is 2.76 bits per heavy atom. The molecule has 1 aliphatic rings. The third kappa shape index (κ3) is 3.46. The molecule has 1 aromatic rings. The molecule has 0 radical (unpaired) electrons. The molecule has 0 amide bonds. The summed E-state index contributed by atoms with van der Waals surface area (Å²) < 4.78 is 17.5. The molecule has 1 aromatic heterocycles. The minimum atomic E-state index is -1.87. The number of carbonyl (C=O) groups is 1. The number of fused-ring (bicyclic) bond motifs is 1. The highest BCUT2D eigenvalue weighted by Gasteiger charge is 2.44. The number of allylic oxidation sites excluding steroid dienone is 2. The third-order valence-corrected chi connectivity index (χ3v) is 4.16. The van der Waals surface area contributed by atoms with E-state index in [1.54, 1.807) is 20.8 Å². The third-order valence-electron chi connectivity index (χ3n) is 4.16. The predicted molar refractivity (Wildman–Crippen MR) is 92.1 cm³/mol. The molecule has 1 atom stereocenters. The summed E-state index contributed by atoms with van der Waals surface area (Å²) in [5, 5.41) is 10.6. The summed E-state index contributed by atoms with van der Waals surface area (Å²) in [5.74, 6) is -0.784. The van der Waals surface area contributed by atoms with Crippen LogP contribution in [-0.2, 0) is 21.7 Å². The molecular weight excluding hydrogens is 327 g/mol. The smallest absolute Gasteiger partial charge is 0.343 e. The van der Waals surface area contributed by atoms with Gasteiger partial charge in [0.15, 0.2) is 5.60 Å². The first kappa shape index (κ1) is 18.8. The van der Waals surface area contributed by atoms with Gasteiger partial charge in [0.05, 0.1) is 22.7 Å². The molecule has 0 saturated heterocycles. The lowest BCUT2D eigenvalue weighted by atomic mass is 9.86. The molecule has 6 nitrogen and oxygen atoms in total. The van der Waals surface area contributed by atoms with Crippen molar-refractivity contribution in [2.24, 2.45) is 4.99 Å². The van der Waals surface area contributed by atoms with Crippen LogP contribution < -0.4 is 5.56 Å². The average Bonchev–Trinajstić information content (AvgIpc) is 2.57. The maximum Gasteiger partial charge on any atom is 0.343 e. The molecule has 2 heterocycles. The van der Waals surface area contributed by atoms with Gasteiger partial charge < -0.3 is 14.8 Å². The van der Waals surface area contributed by atoms with Gasteiger partial charge in [-0.15, -0.1) is 0 Å². The second-order valence-electron chi connectivity index (χ2n) is 5.92. The lowest BCUT2D eigenvalue weighted by molar-refractivity contribution is -0.172. The van der Waals surface area contributed by atoms with Crippen molar-refractivity contribution >= 4 is 11.7 Å². The molecule has 25 heavy (non-hydrogen) atoms. The van der Waals surface area contributed by atoms with E-state index in [9.17, 15) is 19.1 Å². The van der Waals surface area contributed by atoms with Gasteiger partial charge in [0.1, 0.15) is 13.3 Å². The largest absolute Gasteiger partial charge is 0.458 e. The first-order chi connectivity index (χ1) is 11.7. The first-order valence-electron chi connectivity index (χ1n) is 7.88. The Morgan fingerprint density at radius 2 is 2.20 bits per heavy atom. The molecular formula is C18H21FN2O4. The van der Waals surface area contributed by atoms with Crippen molar-refractivity contribution in [2.75, 3.05) is 6.67 Å². The van der Waals surface area contributed by atoms with Crippen LogP contribution in [0.2, 0.25) is 0 Å². The van der Waals surface area contributed by atoms with Crippen LogP contribution in [0.3, 0.4) is 0 Å². The van der Waals surface area contributed by atoms with Crippen molar-refractivity contribution in [3.63, 3.8) is 0 Å². The SMILES string of the molecule is C=C(C)C(=C\CF)/N=C(\C)c1cc2c(c(=O)[nH]1)COC(=O)[C@]2(O)CC. The first-order valence-corrected chi connectivity index (χ1v) is 7.88. The topological polar surface area (TPSA) is 91.8 Å². The molecule has 2 N–H and O–H groups in total. The number of aromatic amines is 1. The number of esters is 1. The van der Waals surface area contributed by atoms with Gasteiger partial charge in [-0.1, -0.05) is 13.5 Å². The minimum absolute atomic E-state index is 0.0662. The number of ether oxygens (including phenoxy) is 1. The van der Waals surface area contributed by atoms with E-state index in [0.29, 0.717) is 22.7 Å². The zero-order valence-corrected chi connectivity index (χ0v) is 14.5. The van der Waals surface area contributed by atoms with Crippen molar-refractivity contribution < 1.29 is 19.0 Å². The van der Waals surface area contributed by atoms with E-state index in [0.717, 1.165) is 0 Å². The maximum absolute atomic E-state index is 12.6. The fraction of sp³-hybridized carbons (Fsp3) is 0.389. The Hall–Kier alpha value is -2.54. The number of aliphatic imine (C=N–C) groups is 1. The van der Waals surface area contributed by atoms with E-state index in [1.807, 2.05) is 0 Å². The number of H-pyrrole nitrogens is 1. The second kappa shape index (κ2) is 7.14. The quantitative estimate of drug-likeness (QED) is 0.485. The highest BCUT2D eigenvalue weighted by atomic mass is 19.1. The minimum Gasteiger partial charge on any atom is -0.458 e. The van der Waals surface area contributed by atoms with E-state index >= 15 is 0 Å². The van der Waals surface area contributed by atoms with Crippen LogP contribution in [0, 0.1) is 0 Å². The number of hydrogen-bond acceptors (Lipinski definition) is 5. The molecule has 0 saturated carbocycles. The van der Waals surface area contributed by atoms with Gasteiger partial charge >= 0.3 is 5.97 Å². The number of pyridine rings is 1. The monoisotopic (exact) mass is 348 g/mol. The number of alkyl halides is 1. The average molecular weight is 348 g/mol. The molecule has 0 unspecified atom stereocenters. The summed E-state index contributed by atoms with van der Waals surface area (Å²) >= 11 is 0. The van der Waals surface area contributed by atoms with Crippen molar-refractivity contribution in [1.29, 1.82) is 0 Å². The second-order valence-corrected chi connectivity index (χ2v) is 5.92. The van der Waals surface area contributed by atoms with Crippen molar-refractivity contribution in [2.45, 2.75) is 39.4 Å².